The molecule has 1 saturated heterocycles. The Morgan fingerprint density at radius 2 is 2.39 bits per heavy atom. The number of carbonyl (C=O) groups is 1. The molecule has 3 N–H and O–H groups in total. The van der Waals surface area contributed by atoms with Crippen molar-refractivity contribution in [3.63, 3.8) is 0 Å². The van der Waals surface area contributed by atoms with Gasteiger partial charge < -0.3 is 15.7 Å². The van der Waals surface area contributed by atoms with Crippen LogP contribution in [0.5, 0.6) is 5.75 Å². The van der Waals surface area contributed by atoms with Crippen LogP contribution in [0.3, 0.4) is 0 Å². The van der Waals surface area contributed by atoms with Gasteiger partial charge in [0.05, 0.1) is 5.02 Å². The third kappa shape index (κ3) is 3.62. The SMILES string of the molecule is O=C(CC1CCCNC1)Nc1ccc(O)c(Cl)c1. The van der Waals surface area contributed by atoms with Gasteiger partial charge in [-0.05, 0) is 50.0 Å². The Bertz CT molecular complexity index is 431. The van der Waals surface area contributed by atoms with Crippen LogP contribution in [0.25, 0.3) is 0 Å². The lowest BCUT2D eigenvalue weighted by Crippen LogP contribution is -2.32. The topological polar surface area (TPSA) is 61.4 Å². The molecule has 4 nitrogen and oxygen atoms in total. The van der Waals surface area contributed by atoms with Crippen molar-refractivity contribution in [3.8, 4) is 5.75 Å². The van der Waals surface area contributed by atoms with Crippen molar-refractivity contribution in [3.05, 3.63) is 23.2 Å². The van der Waals surface area contributed by atoms with E-state index < -0.39 is 0 Å². The van der Waals surface area contributed by atoms with E-state index in [9.17, 15) is 9.90 Å². The average Bonchev–Trinajstić information content (AvgIpc) is 2.35. The van der Waals surface area contributed by atoms with E-state index in [2.05, 4.69) is 10.6 Å². The Morgan fingerprint density at radius 1 is 1.56 bits per heavy atom. The summed E-state index contributed by atoms with van der Waals surface area (Å²) in [5.41, 5.74) is 0.617. The Morgan fingerprint density at radius 3 is 3.06 bits per heavy atom. The van der Waals surface area contributed by atoms with Crippen molar-refractivity contribution in [2.24, 2.45) is 5.92 Å². The summed E-state index contributed by atoms with van der Waals surface area (Å²) in [5.74, 6) is 0.419. The van der Waals surface area contributed by atoms with Gasteiger partial charge in [-0.15, -0.1) is 0 Å². The summed E-state index contributed by atoms with van der Waals surface area (Å²) in [4.78, 5) is 11.8. The van der Waals surface area contributed by atoms with Gasteiger partial charge in [-0.2, -0.15) is 0 Å². The molecule has 1 atom stereocenters. The van der Waals surface area contributed by atoms with Gasteiger partial charge in [-0.1, -0.05) is 11.6 Å². The molecule has 0 bridgehead atoms. The van der Waals surface area contributed by atoms with Gasteiger partial charge in [-0.3, -0.25) is 4.79 Å². The number of phenols is 1. The molecular formula is C13H17ClN2O2. The lowest BCUT2D eigenvalue weighted by atomic mass is 9.96. The maximum Gasteiger partial charge on any atom is 0.224 e. The van der Waals surface area contributed by atoms with Crippen LogP contribution in [0.2, 0.25) is 5.02 Å². The van der Waals surface area contributed by atoms with Crippen molar-refractivity contribution < 1.29 is 9.90 Å². The van der Waals surface area contributed by atoms with Crippen LogP contribution in [-0.4, -0.2) is 24.1 Å². The van der Waals surface area contributed by atoms with Gasteiger partial charge in [0, 0.05) is 12.1 Å². The maximum absolute atomic E-state index is 11.8. The Balaban J connectivity index is 1.88. The number of amides is 1. The highest BCUT2D eigenvalue weighted by molar-refractivity contribution is 6.32. The van der Waals surface area contributed by atoms with Crippen LogP contribution in [0, 0.1) is 5.92 Å². The fourth-order valence-corrected chi connectivity index (χ4v) is 2.34. The summed E-state index contributed by atoms with van der Waals surface area (Å²) in [7, 11) is 0. The minimum atomic E-state index is -0.00884. The molecule has 5 heteroatoms. The molecule has 1 unspecified atom stereocenters. The minimum absolute atomic E-state index is 0.00884. The molecule has 0 saturated carbocycles. The molecule has 1 heterocycles. The van der Waals surface area contributed by atoms with E-state index in [4.69, 9.17) is 11.6 Å². The number of nitrogens with one attached hydrogen (secondary N) is 2. The lowest BCUT2D eigenvalue weighted by Gasteiger charge is -2.22. The minimum Gasteiger partial charge on any atom is -0.506 e. The second-order valence-electron chi connectivity index (χ2n) is 4.63. The summed E-state index contributed by atoms with van der Waals surface area (Å²) in [5, 5.41) is 15.6. The van der Waals surface area contributed by atoms with Crippen LogP contribution >= 0.6 is 11.6 Å². The zero-order valence-electron chi connectivity index (χ0n) is 10.1. The van der Waals surface area contributed by atoms with Crippen LogP contribution in [0.1, 0.15) is 19.3 Å². The summed E-state index contributed by atoms with van der Waals surface area (Å²) in [6.45, 7) is 1.95. The lowest BCUT2D eigenvalue weighted by molar-refractivity contribution is -0.117. The van der Waals surface area contributed by atoms with Crippen LogP contribution in [0.4, 0.5) is 5.69 Å². The molecule has 18 heavy (non-hydrogen) atoms. The van der Waals surface area contributed by atoms with E-state index in [1.165, 1.54) is 6.07 Å². The summed E-state index contributed by atoms with van der Waals surface area (Å²) >= 11 is 5.78. The number of phenolic OH excluding ortho intramolecular Hbond substituents is 1. The molecule has 1 aliphatic rings. The zero-order valence-corrected chi connectivity index (χ0v) is 10.8. The largest absolute Gasteiger partial charge is 0.506 e. The quantitative estimate of drug-likeness (QED) is 0.738. The highest BCUT2D eigenvalue weighted by Crippen LogP contribution is 2.26. The molecule has 98 valence electrons. The van der Waals surface area contributed by atoms with E-state index in [1.807, 2.05) is 0 Å². The van der Waals surface area contributed by atoms with Crippen LogP contribution in [-0.2, 0) is 4.79 Å². The number of hydrogen-bond donors (Lipinski definition) is 3. The van der Waals surface area contributed by atoms with Crippen molar-refractivity contribution >= 4 is 23.2 Å². The summed E-state index contributed by atoms with van der Waals surface area (Å²) in [6, 6.07) is 4.66. The highest BCUT2D eigenvalue weighted by atomic mass is 35.5. The first-order valence-corrected chi connectivity index (χ1v) is 6.52. The molecule has 1 amide bonds. The fraction of sp³-hybridized carbons (Fsp3) is 0.462. The number of aromatic hydroxyl groups is 1. The third-order valence-corrected chi connectivity index (χ3v) is 3.41. The Kier molecular flexibility index (Phi) is 4.44. The maximum atomic E-state index is 11.8. The van der Waals surface area contributed by atoms with Crippen molar-refractivity contribution in [2.75, 3.05) is 18.4 Å². The number of piperidine rings is 1. The Labute approximate surface area is 111 Å². The van der Waals surface area contributed by atoms with Crippen molar-refractivity contribution in [1.82, 2.24) is 5.32 Å². The molecular weight excluding hydrogens is 252 g/mol. The standard InChI is InChI=1S/C13H17ClN2O2/c14-11-7-10(3-4-12(11)17)16-13(18)6-9-2-1-5-15-8-9/h3-4,7,9,15,17H,1-2,5-6,8H2,(H,16,18). The second-order valence-corrected chi connectivity index (χ2v) is 5.04. The average molecular weight is 269 g/mol. The van der Waals surface area contributed by atoms with Crippen LogP contribution < -0.4 is 10.6 Å². The molecule has 0 aliphatic carbocycles. The number of hydrogen-bond acceptors (Lipinski definition) is 3. The molecule has 0 aromatic heterocycles. The molecule has 2 rings (SSSR count). The molecule has 0 spiro atoms. The molecule has 1 aromatic rings. The van der Waals surface area contributed by atoms with Gasteiger partial charge in [0.2, 0.25) is 5.91 Å². The fourth-order valence-electron chi connectivity index (χ4n) is 2.16. The molecule has 1 aliphatic heterocycles. The number of rotatable bonds is 3. The first-order valence-electron chi connectivity index (χ1n) is 6.14. The van der Waals surface area contributed by atoms with Gasteiger partial charge >= 0.3 is 0 Å². The number of halogens is 1. The number of carbonyl (C=O) groups excluding carboxylic acids is 1. The summed E-state index contributed by atoms with van der Waals surface area (Å²) < 4.78 is 0. The van der Waals surface area contributed by atoms with Gasteiger partial charge in [0.15, 0.2) is 0 Å². The van der Waals surface area contributed by atoms with Crippen molar-refractivity contribution in [2.45, 2.75) is 19.3 Å². The first kappa shape index (κ1) is 13.2. The highest BCUT2D eigenvalue weighted by Gasteiger charge is 2.16. The smallest absolute Gasteiger partial charge is 0.224 e. The van der Waals surface area contributed by atoms with Crippen molar-refractivity contribution in [1.29, 1.82) is 0 Å². The van der Waals surface area contributed by atoms with E-state index in [-0.39, 0.29) is 16.7 Å². The molecule has 0 radical (unpaired) electrons. The molecule has 1 aromatic carbocycles. The third-order valence-electron chi connectivity index (χ3n) is 3.10. The number of benzene rings is 1. The molecule has 1 fully saturated rings. The van der Waals surface area contributed by atoms with Crippen LogP contribution in [0.15, 0.2) is 18.2 Å². The van der Waals surface area contributed by atoms with Gasteiger partial charge in [-0.25, -0.2) is 0 Å². The first-order chi connectivity index (χ1) is 8.65. The zero-order chi connectivity index (χ0) is 13.0. The normalized spacial score (nSPS) is 19.5. The van der Waals surface area contributed by atoms with E-state index in [0.717, 1.165) is 25.9 Å². The summed E-state index contributed by atoms with van der Waals surface area (Å²) in [6.07, 6.45) is 2.74. The number of anilines is 1. The Hall–Kier alpha value is -1.26. The predicted molar refractivity (Wildman–Crippen MR) is 72.0 cm³/mol. The van der Waals surface area contributed by atoms with Gasteiger partial charge in [0.25, 0.3) is 0 Å². The predicted octanol–water partition coefficient (Wildman–Crippen LogP) is 2.37. The second kappa shape index (κ2) is 6.07. The van der Waals surface area contributed by atoms with E-state index in [0.29, 0.717) is 18.0 Å². The van der Waals surface area contributed by atoms with Gasteiger partial charge in [0.1, 0.15) is 5.75 Å². The van der Waals surface area contributed by atoms with E-state index >= 15 is 0 Å². The monoisotopic (exact) mass is 268 g/mol. The van der Waals surface area contributed by atoms with E-state index in [1.54, 1.807) is 12.1 Å².